The van der Waals surface area contributed by atoms with Crippen LogP contribution >= 0.6 is 7.60 Å². The lowest BCUT2D eigenvalue weighted by molar-refractivity contribution is 0.228. The van der Waals surface area contributed by atoms with Crippen LogP contribution in [0.5, 0.6) is 0 Å². The lowest BCUT2D eigenvalue weighted by Gasteiger charge is -2.16. The molecule has 0 aliphatic rings. The van der Waals surface area contributed by atoms with E-state index >= 15 is 0 Å². The van der Waals surface area contributed by atoms with Crippen LogP contribution in [0, 0.1) is 0 Å². The van der Waals surface area contributed by atoms with E-state index < -0.39 is 7.60 Å². The summed E-state index contributed by atoms with van der Waals surface area (Å²) in [5, 5.41) is 0. The number of unbranched alkanes of at least 4 members (excludes halogenated alkanes) is 18. The molecule has 0 aliphatic carbocycles. The van der Waals surface area contributed by atoms with Crippen molar-refractivity contribution in [1.82, 2.24) is 0 Å². The molecule has 0 bridgehead atoms. The molecule has 4 heteroatoms. The van der Waals surface area contributed by atoms with Crippen LogP contribution in [0.3, 0.4) is 0 Å². The molecule has 29 heavy (non-hydrogen) atoms. The molecule has 0 spiro atoms. The number of hydrogen-bond donors (Lipinski definition) is 0. The molecule has 0 amide bonds. The highest BCUT2D eigenvalue weighted by Crippen LogP contribution is 2.48. The van der Waals surface area contributed by atoms with Crippen molar-refractivity contribution in [2.75, 3.05) is 19.9 Å². The summed E-state index contributed by atoms with van der Waals surface area (Å²) in [4.78, 5) is 0. The van der Waals surface area contributed by atoms with Gasteiger partial charge in [-0.1, -0.05) is 129 Å². The van der Waals surface area contributed by atoms with Gasteiger partial charge < -0.3 is 9.05 Å². The number of hydrogen-bond acceptors (Lipinski definition) is 3. The Morgan fingerprint density at radius 3 is 1.24 bits per heavy atom. The first-order valence-corrected chi connectivity index (χ1v) is 14.7. The minimum absolute atomic E-state index is 0.581. The van der Waals surface area contributed by atoms with E-state index in [0.717, 1.165) is 19.3 Å². The summed E-state index contributed by atoms with van der Waals surface area (Å²) < 4.78 is 23.5. The second-order valence-electron chi connectivity index (χ2n) is 8.71. The summed E-state index contributed by atoms with van der Waals surface area (Å²) in [6.07, 6.45) is 26.5. The summed E-state index contributed by atoms with van der Waals surface area (Å²) in [6.45, 7) is 5.11. The predicted molar refractivity (Wildman–Crippen MR) is 129 cm³/mol. The van der Waals surface area contributed by atoms with Crippen LogP contribution < -0.4 is 0 Å². The van der Waals surface area contributed by atoms with Crippen LogP contribution in [0.25, 0.3) is 0 Å². The van der Waals surface area contributed by atoms with Crippen molar-refractivity contribution >= 4 is 7.60 Å². The highest BCUT2D eigenvalue weighted by atomic mass is 31.2. The smallest absolute Gasteiger partial charge is 0.312 e. The summed E-state index contributed by atoms with van der Waals surface area (Å²) in [7, 11) is -1.31. The molecule has 0 rings (SSSR count). The van der Waals surface area contributed by atoms with Crippen molar-refractivity contribution < 1.29 is 13.6 Å². The monoisotopic (exact) mass is 432 g/mol. The second-order valence-corrected chi connectivity index (χ2v) is 11.0. The third-order valence-corrected chi connectivity index (χ3v) is 7.85. The Labute approximate surface area is 183 Å². The first-order valence-electron chi connectivity index (χ1n) is 13.0. The lowest BCUT2D eigenvalue weighted by atomic mass is 10.1. The Morgan fingerprint density at radius 2 is 0.862 bits per heavy atom. The molecule has 0 N–H and O–H groups in total. The van der Waals surface area contributed by atoms with Gasteiger partial charge in [0.15, 0.2) is 0 Å². The molecule has 176 valence electrons. The van der Waals surface area contributed by atoms with E-state index in [4.69, 9.17) is 9.05 Å². The van der Waals surface area contributed by atoms with Gasteiger partial charge in [-0.05, 0) is 12.8 Å². The van der Waals surface area contributed by atoms with E-state index in [0.29, 0.717) is 12.8 Å². The fourth-order valence-electron chi connectivity index (χ4n) is 3.79. The zero-order chi connectivity index (χ0) is 21.5. The number of rotatable bonds is 24. The topological polar surface area (TPSA) is 35.5 Å². The standard InChI is InChI=1S/C25H53O3P/c1-4-6-8-10-12-14-16-18-20-22-24-28-29(26,27-3)25-23-21-19-17-15-13-11-9-7-5-2/h4-25H2,1-3H3. The average Bonchev–Trinajstić information content (AvgIpc) is 2.73. The molecule has 0 aromatic carbocycles. The molecule has 1 unspecified atom stereocenters. The predicted octanol–water partition coefficient (Wildman–Crippen LogP) is 9.68. The van der Waals surface area contributed by atoms with Gasteiger partial charge in [-0.3, -0.25) is 4.57 Å². The SMILES string of the molecule is CCCCCCCCCCCCOP(=O)(CCCCCCCCCCCC)OC. The van der Waals surface area contributed by atoms with Crippen molar-refractivity contribution in [1.29, 1.82) is 0 Å². The molecular weight excluding hydrogens is 379 g/mol. The molecule has 0 radical (unpaired) electrons. The van der Waals surface area contributed by atoms with Crippen LogP contribution in [0.2, 0.25) is 0 Å². The van der Waals surface area contributed by atoms with E-state index in [1.165, 1.54) is 116 Å². The van der Waals surface area contributed by atoms with Crippen LogP contribution in [0.15, 0.2) is 0 Å². The second kappa shape index (κ2) is 22.8. The minimum atomic E-state index is -2.85. The van der Waals surface area contributed by atoms with Gasteiger partial charge in [0.1, 0.15) is 0 Å². The van der Waals surface area contributed by atoms with Crippen molar-refractivity contribution in [2.45, 2.75) is 142 Å². The molecule has 0 aliphatic heterocycles. The van der Waals surface area contributed by atoms with Crippen LogP contribution in [-0.4, -0.2) is 19.9 Å². The molecule has 0 fully saturated rings. The van der Waals surface area contributed by atoms with Gasteiger partial charge in [-0.25, -0.2) is 0 Å². The van der Waals surface area contributed by atoms with Gasteiger partial charge >= 0.3 is 7.60 Å². The van der Waals surface area contributed by atoms with Gasteiger partial charge in [0.05, 0.1) is 12.8 Å². The summed E-state index contributed by atoms with van der Waals surface area (Å²) >= 11 is 0. The molecule has 1 atom stereocenters. The average molecular weight is 433 g/mol. The maximum atomic E-state index is 12.6. The minimum Gasteiger partial charge on any atom is -0.312 e. The normalized spacial score (nSPS) is 13.6. The maximum Gasteiger partial charge on any atom is 0.330 e. The van der Waals surface area contributed by atoms with Crippen LogP contribution in [-0.2, 0) is 13.6 Å². The van der Waals surface area contributed by atoms with Gasteiger partial charge in [-0.15, -0.1) is 0 Å². The lowest BCUT2D eigenvalue weighted by Crippen LogP contribution is -2.00. The Morgan fingerprint density at radius 1 is 0.517 bits per heavy atom. The Balaban J connectivity index is 3.47. The van der Waals surface area contributed by atoms with Crippen LogP contribution in [0.4, 0.5) is 0 Å². The highest BCUT2D eigenvalue weighted by Gasteiger charge is 2.21. The maximum absolute atomic E-state index is 12.6. The van der Waals surface area contributed by atoms with Crippen LogP contribution in [0.1, 0.15) is 142 Å². The summed E-state index contributed by atoms with van der Waals surface area (Å²) in [5.41, 5.74) is 0. The Kier molecular flexibility index (Phi) is 22.9. The molecule has 3 nitrogen and oxygen atoms in total. The third-order valence-electron chi connectivity index (χ3n) is 5.85. The molecule has 0 aromatic heterocycles. The quantitative estimate of drug-likeness (QED) is 0.112. The largest absolute Gasteiger partial charge is 0.330 e. The Hall–Kier alpha value is 0.150. The molecule has 0 heterocycles. The third kappa shape index (κ3) is 21.2. The first kappa shape index (κ1) is 29.1. The van der Waals surface area contributed by atoms with Gasteiger partial charge in [-0.2, -0.15) is 0 Å². The highest BCUT2D eigenvalue weighted by molar-refractivity contribution is 7.53. The first-order chi connectivity index (χ1) is 14.2. The van der Waals surface area contributed by atoms with Gasteiger partial charge in [0.25, 0.3) is 0 Å². The van der Waals surface area contributed by atoms with Crippen molar-refractivity contribution in [3.63, 3.8) is 0 Å². The van der Waals surface area contributed by atoms with Gasteiger partial charge in [0.2, 0.25) is 0 Å². The zero-order valence-electron chi connectivity index (χ0n) is 20.2. The Bertz CT molecular complexity index is 360. The van der Waals surface area contributed by atoms with E-state index in [2.05, 4.69) is 13.8 Å². The summed E-state index contributed by atoms with van der Waals surface area (Å²) in [5.74, 6) is 0. The molecule has 0 saturated heterocycles. The van der Waals surface area contributed by atoms with Crippen molar-refractivity contribution in [3.05, 3.63) is 0 Å². The van der Waals surface area contributed by atoms with Crippen molar-refractivity contribution in [3.8, 4) is 0 Å². The van der Waals surface area contributed by atoms with E-state index in [1.54, 1.807) is 0 Å². The fraction of sp³-hybridized carbons (Fsp3) is 1.00. The van der Waals surface area contributed by atoms with E-state index in [1.807, 2.05) is 0 Å². The van der Waals surface area contributed by atoms with Gasteiger partial charge in [0, 0.05) is 7.11 Å². The summed E-state index contributed by atoms with van der Waals surface area (Å²) in [6, 6.07) is 0. The molecule has 0 aromatic rings. The van der Waals surface area contributed by atoms with E-state index in [-0.39, 0.29) is 0 Å². The molecule has 0 saturated carbocycles. The van der Waals surface area contributed by atoms with Crippen molar-refractivity contribution in [2.24, 2.45) is 0 Å². The zero-order valence-corrected chi connectivity index (χ0v) is 21.1. The fourth-order valence-corrected chi connectivity index (χ4v) is 5.23. The van der Waals surface area contributed by atoms with E-state index in [9.17, 15) is 4.57 Å². The molecular formula is C25H53O3P.